The molecule has 0 spiro atoms. The second kappa shape index (κ2) is 6.45. The average Bonchev–Trinajstić information content (AvgIpc) is 2.52. The van der Waals surface area contributed by atoms with Gasteiger partial charge in [-0.3, -0.25) is 0 Å². The summed E-state index contributed by atoms with van der Waals surface area (Å²) in [6.45, 7) is 0. The molecular weight excluding hydrogens is 300 g/mol. The lowest BCUT2D eigenvalue weighted by molar-refractivity contribution is 0.0681. The van der Waals surface area contributed by atoms with Crippen molar-refractivity contribution in [3.8, 4) is 11.8 Å². The fourth-order valence-corrected chi connectivity index (χ4v) is 1.95. The van der Waals surface area contributed by atoms with E-state index in [-0.39, 0.29) is 27.8 Å². The van der Waals surface area contributed by atoms with Crippen molar-refractivity contribution < 1.29 is 29.7 Å². The smallest absolute Gasteiger partial charge is 0.336 e. The van der Waals surface area contributed by atoms with Gasteiger partial charge >= 0.3 is 17.9 Å². The molecule has 3 N–H and O–H groups in total. The maximum atomic E-state index is 11.2. The van der Waals surface area contributed by atoms with E-state index in [0.717, 1.165) is 0 Å². The predicted octanol–water partition coefficient (Wildman–Crippen LogP) is 2.18. The fraction of sp³-hybridized carbons (Fsp3) is 0. The summed E-state index contributed by atoms with van der Waals surface area (Å²) in [7, 11) is 0. The minimum absolute atomic E-state index is 0.0512. The number of rotatable bonds is 3. The van der Waals surface area contributed by atoms with Crippen molar-refractivity contribution in [3.63, 3.8) is 0 Å². The normalized spacial score (nSPS) is 9.57. The Bertz CT molecular complexity index is 838. The Balaban J connectivity index is 2.65. The maximum Gasteiger partial charge on any atom is 0.336 e. The molecule has 0 saturated carbocycles. The van der Waals surface area contributed by atoms with Crippen molar-refractivity contribution in [2.24, 2.45) is 0 Å². The summed E-state index contributed by atoms with van der Waals surface area (Å²) in [4.78, 5) is 33.6. The first-order valence-electron chi connectivity index (χ1n) is 6.35. The molecule has 6 heteroatoms. The molecule has 0 aliphatic rings. The molecule has 0 aromatic heterocycles. The highest BCUT2D eigenvalue weighted by Crippen LogP contribution is 2.15. The summed E-state index contributed by atoms with van der Waals surface area (Å²) in [6.07, 6.45) is 0. The van der Waals surface area contributed by atoms with Crippen molar-refractivity contribution in [1.29, 1.82) is 0 Å². The van der Waals surface area contributed by atoms with Crippen LogP contribution < -0.4 is 0 Å². The fourth-order valence-electron chi connectivity index (χ4n) is 1.95. The lowest BCUT2D eigenvalue weighted by Crippen LogP contribution is -2.07. The van der Waals surface area contributed by atoms with Crippen molar-refractivity contribution in [2.45, 2.75) is 0 Å². The lowest BCUT2D eigenvalue weighted by Gasteiger charge is -2.03. The molecule has 0 aliphatic carbocycles. The number of carboxylic acids is 3. The summed E-state index contributed by atoms with van der Waals surface area (Å²) in [5.74, 6) is 1.21. The van der Waals surface area contributed by atoms with Crippen LogP contribution in [-0.4, -0.2) is 33.2 Å². The first-order chi connectivity index (χ1) is 10.9. The Morgan fingerprint density at radius 1 is 0.652 bits per heavy atom. The highest BCUT2D eigenvalue weighted by atomic mass is 16.4. The number of hydrogen-bond donors (Lipinski definition) is 3. The van der Waals surface area contributed by atoms with Crippen LogP contribution >= 0.6 is 0 Å². The Morgan fingerprint density at radius 3 is 1.65 bits per heavy atom. The van der Waals surface area contributed by atoms with E-state index < -0.39 is 17.9 Å². The maximum absolute atomic E-state index is 11.2. The molecule has 0 aliphatic heterocycles. The molecule has 23 heavy (non-hydrogen) atoms. The third-order valence-corrected chi connectivity index (χ3v) is 3.00. The molecule has 0 heterocycles. The molecule has 0 fully saturated rings. The summed E-state index contributed by atoms with van der Waals surface area (Å²) < 4.78 is 0. The van der Waals surface area contributed by atoms with Crippen LogP contribution in [0, 0.1) is 11.8 Å². The van der Waals surface area contributed by atoms with Gasteiger partial charge in [-0.2, -0.15) is 0 Å². The van der Waals surface area contributed by atoms with Crippen molar-refractivity contribution in [2.75, 3.05) is 0 Å². The van der Waals surface area contributed by atoms with E-state index in [1.54, 1.807) is 6.07 Å². The van der Waals surface area contributed by atoms with E-state index >= 15 is 0 Å². The van der Waals surface area contributed by atoms with Crippen LogP contribution in [0.4, 0.5) is 0 Å². The van der Waals surface area contributed by atoms with Gasteiger partial charge in [0, 0.05) is 5.56 Å². The van der Waals surface area contributed by atoms with Crippen LogP contribution in [-0.2, 0) is 0 Å². The van der Waals surface area contributed by atoms with E-state index in [1.165, 1.54) is 36.4 Å². The monoisotopic (exact) mass is 310 g/mol. The molecule has 0 bridgehead atoms. The van der Waals surface area contributed by atoms with Gasteiger partial charge in [-0.1, -0.05) is 30.0 Å². The second-order valence-electron chi connectivity index (χ2n) is 4.44. The molecule has 0 saturated heterocycles. The van der Waals surface area contributed by atoms with Gasteiger partial charge in [0.15, 0.2) is 0 Å². The largest absolute Gasteiger partial charge is 0.478 e. The highest BCUT2D eigenvalue weighted by molar-refractivity contribution is 5.98. The molecule has 2 aromatic rings. The third kappa shape index (κ3) is 3.36. The van der Waals surface area contributed by atoms with Crippen LogP contribution in [0.5, 0.6) is 0 Å². The zero-order valence-electron chi connectivity index (χ0n) is 11.6. The number of aromatic carboxylic acids is 3. The van der Waals surface area contributed by atoms with Crippen molar-refractivity contribution in [3.05, 3.63) is 70.3 Å². The molecule has 0 amide bonds. The Morgan fingerprint density at radius 2 is 1.13 bits per heavy atom. The first kappa shape index (κ1) is 15.8. The summed E-state index contributed by atoms with van der Waals surface area (Å²) >= 11 is 0. The molecule has 0 atom stereocenters. The lowest BCUT2D eigenvalue weighted by atomic mass is 10.00. The average molecular weight is 310 g/mol. The van der Waals surface area contributed by atoms with Crippen LogP contribution in [0.3, 0.4) is 0 Å². The van der Waals surface area contributed by atoms with Crippen molar-refractivity contribution in [1.82, 2.24) is 0 Å². The zero-order chi connectivity index (χ0) is 17.0. The number of hydrogen-bond acceptors (Lipinski definition) is 3. The van der Waals surface area contributed by atoms with Gasteiger partial charge in [-0.05, 0) is 24.3 Å². The topological polar surface area (TPSA) is 112 Å². The molecule has 6 nitrogen and oxygen atoms in total. The van der Waals surface area contributed by atoms with Gasteiger partial charge in [0.1, 0.15) is 0 Å². The molecule has 2 aromatic carbocycles. The van der Waals surface area contributed by atoms with Crippen LogP contribution in [0.15, 0.2) is 42.5 Å². The SMILES string of the molecule is O=C(O)c1ccccc1C#Cc1c(C(=O)O)cccc1C(=O)O. The van der Waals surface area contributed by atoms with Gasteiger partial charge in [-0.15, -0.1) is 0 Å². The Labute approximate surface area is 130 Å². The van der Waals surface area contributed by atoms with Crippen molar-refractivity contribution >= 4 is 17.9 Å². The third-order valence-electron chi connectivity index (χ3n) is 3.00. The standard InChI is InChI=1S/C17H10O6/c18-15(19)11-5-2-1-4-10(11)8-9-12-13(16(20)21)6-3-7-14(12)17(22)23/h1-7H,(H,18,19)(H,20,21)(H,22,23). The second-order valence-corrected chi connectivity index (χ2v) is 4.44. The zero-order valence-corrected chi connectivity index (χ0v) is 11.6. The Hall–Kier alpha value is -3.59. The van der Waals surface area contributed by atoms with E-state index in [1.807, 2.05) is 0 Å². The van der Waals surface area contributed by atoms with Gasteiger partial charge in [0.25, 0.3) is 0 Å². The quantitative estimate of drug-likeness (QED) is 0.749. The molecular formula is C17H10O6. The van der Waals surface area contributed by atoms with Crippen LogP contribution in [0.25, 0.3) is 0 Å². The van der Waals surface area contributed by atoms with Gasteiger partial charge in [0.2, 0.25) is 0 Å². The molecule has 0 unspecified atom stereocenters. The van der Waals surface area contributed by atoms with E-state index in [4.69, 9.17) is 15.3 Å². The predicted molar refractivity (Wildman–Crippen MR) is 79.7 cm³/mol. The summed E-state index contributed by atoms with van der Waals surface area (Å²) in [5.41, 5.74) is -0.579. The van der Waals surface area contributed by atoms with E-state index in [0.29, 0.717) is 0 Å². The molecule has 114 valence electrons. The first-order valence-corrected chi connectivity index (χ1v) is 6.35. The van der Waals surface area contributed by atoms with Crippen LogP contribution in [0.2, 0.25) is 0 Å². The Kier molecular flexibility index (Phi) is 4.43. The number of benzene rings is 2. The summed E-state index contributed by atoms with van der Waals surface area (Å²) in [6, 6.07) is 9.71. The highest BCUT2D eigenvalue weighted by Gasteiger charge is 2.16. The summed E-state index contributed by atoms with van der Waals surface area (Å²) in [5, 5.41) is 27.4. The number of carboxylic acid groups (broad SMARTS) is 3. The van der Waals surface area contributed by atoms with E-state index in [2.05, 4.69) is 11.8 Å². The molecule has 2 rings (SSSR count). The minimum atomic E-state index is -1.32. The number of carbonyl (C=O) groups is 3. The van der Waals surface area contributed by atoms with Gasteiger partial charge < -0.3 is 15.3 Å². The molecule has 0 radical (unpaired) electrons. The van der Waals surface area contributed by atoms with Crippen LogP contribution in [0.1, 0.15) is 42.2 Å². The van der Waals surface area contributed by atoms with Gasteiger partial charge in [0.05, 0.1) is 22.3 Å². The van der Waals surface area contributed by atoms with E-state index in [9.17, 15) is 14.4 Å². The minimum Gasteiger partial charge on any atom is -0.478 e. The van der Waals surface area contributed by atoms with Gasteiger partial charge in [-0.25, -0.2) is 14.4 Å².